The van der Waals surface area contributed by atoms with Crippen LogP contribution in [0.25, 0.3) is 0 Å². The molecular weight excluding hydrogens is 196 g/mol. The van der Waals surface area contributed by atoms with Crippen molar-refractivity contribution in [2.45, 2.75) is 32.1 Å². The molecule has 0 spiro atoms. The van der Waals surface area contributed by atoms with Crippen molar-refractivity contribution in [3.63, 3.8) is 0 Å². The third-order valence-corrected chi connectivity index (χ3v) is 3.15. The van der Waals surface area contributed by atoms with E-state index in [2.05, 4.69) is 47.6 Å². The highest BCUT2D eigenvalue weighted by Crippen LogP contribution is 2.17. The minimum Gasteiger partial charge on any atom is -0.374 e. The summed E-state index contributed by atoms with van der Waals surface area (Å²) in [5.74, 6) is 1.83. The molecule has 1 aromatic carbocycles. The Labute approximate surface area is 97.8 Å². The molecule has 0 radical (unpaired) electrons. The maximum atomic E-state index is 4.41. The molecule has 0 aromatic heterocycles. The Morgan fingerprint density at radius 3 is 2.81 bits per heavy atom. The van der Waals surface area contributed by atoms with Crippen molar-refractivity contribution < 1.29 is 0 Å². The van der Waals surface area contributed by atoms with Crippen molar-refractivity contribution in [2.75, 3.05) is 13.1 Å². The summed E-state index contributed by atoms with van der Waals surface area (Å²) in [6, 6.07) is 10.7. The van der Waals surface area contributed by atoms with Gasteiger partial charge in [0.05, 0.1) is 5.84 Å². The van der Waals surface area contributed by atoms with Gasteiger partial charge in [-0.3, -0.25) is 4.99 Å². The second-order valence-corrected chi connectivity index (χ2v) is 4.46. The van der Waals surface area contributed by atoms with Gasteiger partial charge in [0.25, 0.3) is 0 Å². The van der Waals surface area contributed by atoms with Crippen LogP contribution in [0.1, 0.15) is 37.7 Å². The monoisotopic (exact) mass is 216 g/mol. The van der Waals surface area contributed by atoms with Gasteiger partial charge in [0, 0.05) is 19.5 Å². The van der Waals surface area contributed by atoms with Gasteiger partial charge in [0.2, 0.25) is 0 Å². The number of hydrogen-bond donors (Lipinski definition) is 1. The van der Waals surface area contributed by atoms with Crippen LogP contribution in [0.2, 0.25) is 0 Å². The van der Waals surface area contributed by atoms with E-state index in [1.165, 1.54) is 24.2 Å². The van der Waals surface area contributed by atoms with Crippen LogP contribution in [0.15, 0.2) is 35.3 Å². The van der Waals surface area contributed by atoms with Crippen LogP contribution in [0.3, 0.4) is 0 Å². The molecule has 2 nitrogen and oxygen atoms in total. The molecule has 86 valence electrons. The zero-order valence-electron chi connectivity index (χ0n) is 9.95. The number of amidine groups is 1. The molecule has 1 atom stereocenters. The predicted molar refractivity (Wildman–Crippen MR) is 69.0 cm³/mol. The van der Waals surface area contributed by atoms with Crippen molar-refractivity contribution in [1.82, 2.24) is 5.32 Å². The molecular formula is C14H20N2. The van der Waals surface area contributed by atoms with Gasteiger partial charge in [-0.15, -0.1) is 0 Å². The average molecular weight is 216 g/mol. The summed E-state index contributed by atoms with van der Waals surface area (Å²) >= 11 is 0. The number of nitrogens with one attached hydrogen (secondary N) is 1. The Kier molecular flexibility index (Phi) is 3.97. The summed E-state index contributed by atoms with van der Waals surface area (Å²) in [5, 5.41) is 3.43. The van der Waals surface area contributed by atoms with Crippen molar-refractivity contribution >= 4 is 5.84 Å². The van der Waals surface area contributed by atoms with Gasteiger partial charge in [0.1, 0.15) is 0 Å². The fourth-order valence-electron chi connectivity index (χ4n) is 2.07. The van der Waals surface area contributed by atoms with Crippen molar-refractivity contribution in [2.24, 2.45) is 4.99 Å². The van der Waals surface area contributed by atoms with Crippen molar-refractivity contribution in [3.05, 3.63) is 35.9 Å². The van der Waals surface area contributed by atoms with Crippen LogP contribution >= 0.6 is 0 Å². The summed E-state index contributed by atoms with van der Waals surface area (Å²) in [6.45, 7) is 4.33. The molecule has 2 rings (SSSR count). The van der Waals surface area contributed by atoms with E-state index in [9.17, 15) is 0 Å². The number of hydrogen-bond acceptors (Lipinski definition) is 2. The molecule has 0 saturated heterocycles. The molecule has 1 aliphatic heterocycles. The number of aliphatic imine (C=N–C) groups is 1. The highest BCUT2D eigenvalue weighted by molar-refractivity contribution is 5.83. The third kappa shape index (κ3) is 3.09. The van der Waals surface area contributed by atoms with Gasteiger partial charge in [-0.1, -0.05) is 37.3 Å². The minimum atomic E-state index is 0.621. The summed E-state index contributed by atoms with van der Waals surface area (Å²) in [7, 11) is 0. The maximum Gasteiger partial charge on any atom is 0.0963 e. The molecule has 1 unspecified atom stereocenters. The molecule has 1 aliphatic rings. The number of benzene rings is 1. The van der Waals surface area contributed by atoms with E-state index < -0.39 is 0 Å². The average Bonchev–Trinajstić information content (AvgIpc) is 2.83. The van der Waals surface area contributed by atoms with Crippen LogP contribution in [0, 0.1) is 0 Å². The van der Waals surface area contributed by atoms with E-state index in [1.807, 2.05) is 0 Å². The largest absolute Gasteiger partial charge is 0.374 e. The standard InChI is InChI=1S/C14H20N2/c1-12(13-6-3-2-4-7-13)9-11-16-14-8-5-10-15-14/h2-4,6-7,12H,5,8-11H2,1H3,(H,15,16). The first-order valence-electron chi connectivity index (χ1n) is 6.18. The molecule has 1 N–H and O–H groups in total. The first-order chi connectivity index (χ1) is 7.86. The summed E-state index contributed by atoms with van der Waals surface area (Å²) < 4.78 is 0. The van der Waals surface area contributed by atoms with Gasteiger partial charge in [-0.25, -0.2) is 0 Å². The SMILES string of the molecule is CC(CCNC1=NCCC1)c1ccccc1. The molecule has 0 fully saturated rings. The van der Waals surface area contributed by atoms with E-state index in [1.54, 1.807) is 0 Å². The van der Waals surface area contributed by atoms with Crippen LogP contribution in [-0.4, -0.2) is 18.9 Å². The van der Waals surface area contributed by atoms with Crippen LogP contribution in [0.5, 0.6) is 0 Å². The van der Waals surface area contributed by atoms with Gasteiger partial charge in [0.15, 0.2) is 0 Å². The molecule has 1 aromatic rings. The van der Waals surface area contributed by atoms with Crippen LogP contribution in [0.4, 0.5) is 0 Å². The lowest BCUT2D eigenvalue weighted by Crippen LogP contribution is -2.23. The van der Waals surface area contributed by atoms with E-state index >= 15 is 0 Å². The lowest BCUT2D eigenvalue weighted by atomic mass is 9.98. The fraction of sp³-hybridized carbons (Fsp3) is 0.500. The Bertz CT molecular complexity index is 343. The summed E-state index contributed by atoms with van der Waals surface area (Å²) in [5.41, 5.74) is 1.43. The molecule has 16 heavy (non-hydrogen) atoms. The van der Waals surface area contributed by atoms with E-state index in [-0.39, 0.29) is 0 Å². The fourth-order valence-corrected chi connectivity index (χ4v) is 2.07. The lowest BCUT2D eigenvalue weighted by Gasteiger charge is -2.12. The normalized spacial score (nSPS) is 16.9. The van der Waals surface area contributed by atoms with E-state index in [0.717, 1.165) is 19.5 Å². The van der Waals surface area contributed by atoms with E-state index in [4.69, 9.17) is 0 Å². The minimum absolute atomic E-state index is 0.621. The van der Waals surface area contributed by atoms with Crippen molar-refractivity contribution in [1.29, 1.82) is 0 Å². The molecule has 1 heterocycles. The summed E-state index contributed by atoms with van der Waals surface area (Å²) in [4.78, 5) is 4.41. The molecule has 2 heteroatoms. The molecule has 0 aliphatic carbocycles. The van der Waals surface area contributed by atoms with Gasteiger partial charge < -0.3 is 5.32 Å². The van der Waals surface area contributed by atoms with Crippen molar-refractivity contribution in [3.8, 4) is 0 Å². The highest BCUT2D eigenvalue weighted by Gasteiger charge is 2.07. The van der Waals surface area contributed by atoms with Crippen LogP contribution in [-0.2, 0) is 0 Å². The first kappa shape index (κ1) is 11.2. The van der Waals surface area contributed by atoms with Gasteiger partial charge in [-0.05, 0) is 24.3 Å². The quantitative estimate of drug-likeness (QED) is 0.822. The lowest BCUT2D eigenvalue weighted by molar-refractivity contribution is 0.659. The second-order valence-electron chi connectivity index (χ2n) is 4.46. The zero-order chi connectivity index (χ0) is 11.2. The molecule has 0 bridgehead atoms. The second kappa shape index (κ2) is 5.69. The third-order valence-electron chi connectivity index (χ3n) is 3.15. The number of nitrogens with zero attached hydrogens (tertiary/aromatic N) is 1. The summed E-state index contributed by atoms with van der Waals surface area (Å²) in [6.07, 6.45) is 3.53. The smallest absolute Gasteiger partial charge is 0.0963 e. The Morgan fingerprint density at radius 1 is 1.31 bits per heavy atom. The first-order valence-corrected chi connectivity index (χ1v) is 6.18. The highest BCUT2D eigenvalue weighted by atomic mass is 15.0. The molecule has 0 amide bonds. The number of rotatable bonds is 4. The predicted octanol–water partition coefficient (Wildman–Crippen LogP) is 2.96. The zero-order valence-corrected chi connectivity index (χ0v) is 9.95. The van der Waals surface area contributed by atoms with Gasteiger partial charge in [-0.2, -0.15) is 0 Å². The Balaban J connectivity index is 1.73. The molecule has 0 saturated carbocycles. The Hall–Kier alpha value is -1.31. The maximum absolute atomic E-state index is 4.41. The van der Waals surface area contributed by atoms with E-state index in [0.29, 0.717) is 5.92 Å². The van der Waals surface area contributed by atoms with Crippen LogP contribution < -0.4 is 5.32 Å². The Morgan fingerprint density at radius 2 is 2.12 bits per heavy atom. The topological polar surface area (TPSA) is 24.4 Å². The van der Waals surface area contributed by atoms with Gasteiger partial charge >= 0.3 is 0 Å².